The maximum atomic E-state index is 13.9. The first-order valence-electron chi connectivity index (χ1n) is 4.42. The molecule has 7 nitrogen and oxygen atoms in total. The summed E-state index contributed by atoms with van der Waals surface area (Å²) in [4.78, 5) is 21.0. The first-order valence-corrected chi connectivity index (χ1v) is 5.22. The normalized spacial score (nSPS) is 9.72. The predicted molar refractivity (Wildman–Crippen MR) is 63.9 cm³/mol. The molecule has 0 radical (unpaired) electrons. The van der Waals surface area contributed by atoms with Crippen LogP contribution in [0.1, 0.15) is 0 Å². The molecule has 1 aromatic rings. The van der Waals surface area contributed by atoms with Crippen LogP contribution in [0.5, 0.6) is 5.75 Å². The highest BCUT2D eigenvalue weighted by molar-refractivity contribution is 9.10. The highest BCUT2D eigenvalue weighted by Gasteiger charge is 2.20. The van der Waals surface area contributed by atoms with E-state index in [9.17, 15) is 14.0 Å². The number of carboxylic acid groups (broad SMARTS) is 2. The van der Waals surface area contributed by atoms with E-state index in [2.05, 4.69) is 15.9 Å². The Labute approximate surface area is 109 Å². The molecule has 0 fully saturated rings. The van der Waals surface area contributed by atoms with Gasteiger partial charge in [0.2, 0.25) is 0 Å². The standard InChI is InChI=1S/C9H8BrFN2O5/c1-18-7-4(12-8(14)15)2-3(10)6(5(7)11)13-9(16)17/h2,12-13H,1H3,(H,14,15)(H,16,17). The van der Waals surface area contributed by atoms with Crippen molar-refractivity contribution in [3.05, 3.63) is 16.4 Å². The van der Waals surface area contributed by atoms with E-state index in [0.29, 0.717) is 0 Å². The van der Waals surface area contributed by atoms with Gasteiger partial charge >= 0.3 is 12.2 Å². The lowest BCUT2D eigenvalue weighted by Crippen LogP contribution is -2.13. The second-order valence-corrected chi connectivity index (χ2v) is 3.84. The Morgan fingerprint density at radius 3 is 2.33 bits per heavy atom. The summed E-state index contributed by atoms with van der Waals surface area (Å²) in [6, 6.07) is 1.18. The van der Waals surface area contributed by atoms with Crippen molar-refractivity contribution in [1.82, 2.24) is 0 Å². The number of nitrogens with one attached hydrogen (secondary N) is 2. The van der Waals surface area contributed by atoms with Gasteiger partial charge in [-0.15, -0.1) is 0 Å². The lowest BCUT2D eigenvalue weighted by atomic mass is 10.2. The quantitative estimate of drug-likeness (QED) is 0.684. The van der Waals surface area contributed by atoms with Gasteiger partial charge in [0.15, 0.2) is 11.6 Å². The molecule has 4 N–H and O–H groups in total. The number of benzene rings is 1. The molecule has 9 heteroatoms. The second-order valence-electron chi connectivity index (χ2n) is 2.99. The molecule has 0 atom stereocenters. The Hall–Kier alpha value is -2.03. The molecule has 0 saturated carbocycles. The van der Waals surface area contributed by atoms with Crippen molar-refractivity contribution in [2.75, 3.05) is 17.7 Å². The van der Waals surface area contributed by atoms with Crippen molar-refractivity contribution in [2.24, 2.45) is 0 Å². The molecule has 0 saturated heterocycles. The summed E-state index contributed by atoms with van der Waals surface area (Å²) < 4.78 is 18.6. The molecule has 0 bridgehead atoms. The van der Waals surface area contributed by atoms with Crippen molar-refractivity contribution in [1.29, 1.82) is 0 Å². The van der Waals surface area contributed by atoms with E-state index in [1.165, 1.54) is 6.07 Å². The molecule has 0 aliphatic heterocycles. The fraction of sp³-hybridized carbons (Fsp3) is 0.111. The summed E-state index contributed by atoms with van der Waals surface area (Å²) in [5.41, 5.74) is -0.513. The van der Waals surface area contributed by atoms with Crippen LogP contribution in [-0.2, 0) is 0 Å². The fourth-order valence-corrected chi connectivity index (χ4v) is 1.73. The van der Waals surface area contributed by atoms with Gasteiger partial charge in [-0.1, -0.05) is 0 Å². The Morgan fingerprint density at radius 2 is 1.89 bits per heavy atom. The van der Waals surface area contributed by atoms with Gasteiger partial charge in [0.05, 0.1) is 18.5 Å². The number of hydrogen-bond donors (Lipinski definition) is 4. The number of anilines is 2. The molecule has 18 heavy (non-hydrogen) atoms. The van der Waals surface area contributed by atoms with Gasteiger partial charge in [-0.3, -0.25) is 10.6 Å². The highest BCUT2D eigenvalue weighted by atomic mass is 79.9. The third-order valence-electron chi connectivity index (χ3n) is 1.85. The molecule has 1 aromatic carbocycles. The van der Waals surface area contributed by atoms with Gasteiger partial charge in [-0.05, 0) is 22.0 Å². The van der Waals surface area contributed by atoms with E-state index in [0.717, 1.165) is 7.11 Å². The molecule has 0 aliphatic rings. The average Bonchev–Trinajstić information content (AvgIpc) is 2.23. The summed E-state index contributed by atoms with van der Waals surface area (Å²) in [7, 11) is 1.13. The molecular formula is C9H8BrFN2O5. The summed E-state index contributed by atoms with van der Waals surface area (Å²) in [6.45, 7) is 0. The Bertz CT molecular complexity index is 508. The van der Waals surface area contributed by atoms with Crippen molar-refractivity contribution >= 4 is 39.5 Å². The maximum Gasteiger partial charge on any atom is 0.409 e. The van der Waals surface area contributed by atoms with E-state index in [4.69, 9.17) is 14.9 Å². The predicted octanol–water partition coefficient (Wildman–Crippen LogP) is 2.78. The number of rotatable bonds is 3. The highest BCUT2D eigenvalue weighted by Crippen LogP contribution is 2.38. The van der Waals surface area contributed by atoms with Crippen molar-refractivity contribution < 1.29 is 28.9 Å². The molecule has 0 aliphatic carbocycles. The van der Waals surface area contributed by atoms with Crippen molar-refractivity contribution in [3.8, 4) is 5.75 Å². The van der Waals surface area contributed by atoms with E-state index >= 15 is 0 Å². The van der Waals surface area contributed by atoms with Crippen LogP contribution in [-0.4, -0.2) is 29.5 Å². The topological polar surface area (TPSA) is 108 Å². The van der Waals surface area contributed by atoms with Crippen LogP contribution >= 0.6 is 15.9 Å². The van der Waals surface area contributed by atoms with Crippen LogP contribution in [0.2, 0.25) is 0 Å². The van der Waals surface area contributed by atoms with E-state index in [1.807, 2.05) is 10.6 Å². The minimum atomic E-state index is -1.46. The summed E-state index contributed by atoms with van der Waals surface area (Å²) in [5.74, 6) is -1.44. The van der Waals surface area contributed by atoms with Gasteiger partial charge in [-0.25, -0.2) is 14.0 Å². The zero-order chi connectivity index (χ0) is 13.9. The number of hydrogen-bond acceptors (Lipinski definition) is 3. The van der Waals surface area contributed by atoms with Crippen LogP contribution in [0.4, 0.5) is 25.4 Å². The SMILES string of the molecule is COc1c(NC(=O)O)cc(Br)c(NC(=O)O)c1F. The van der Waals surface area contributed by atoms with Crippen molar-refractivity contribution in [3.63, 3.8) is 0 Å². The number of ether oxygens (including phenoxy) is 1. The number of carbonyl (C=O) groups is 2. The van der Waals surface area contributed by atoms with Crippen LogP contribution in [0.15, 0.2) is 10.5 Å². The second kappa shape index (κ2) is 5.54. The van der Waals surface area contributed by atoms with Crippen LogP contribution in [0.25, 0.3) is 0 Å². The molecule has 2 amide bonds. The lowest BCUT2D eigenvalue weighted by Gasteiger charge is -2.13. The van der Waals surface area contributed by atoms with Gasteiger partial charge in [-0.2, -0.15) is 0 Å². The molecule has 1 rings (SSSR count). The Balaban J connectivity index is 3.34. The van der Waals surface area contributed by atoms with E-state index in [-0.39, 0.29) is 15.8 Å². The minimum Gasteiger partial charge on any atom is -0.491 e. The number of halogens is 2. The molecule has 0 heterocycles. The summed E-state index contributed by atoms with van der Waals surface area (Å²) in [6.07, 6.45) is -2.87. The van der Waals surface area contributed by atoms with Gasteiger partial charge < -0.3 is 14.9 Å². The largest absolute Gasteiger partial charge is 0.491 e. The van der Waals surface area contributed by atoms with Crippen LogP contribution in [0.3, 0.4) is 0 Å². The van der Waals surface area contributed by atoms with Crippen molar-refractivity contribution in [2.45, 2.75) is 0 Å². The first-order chi connectivity index (χ1) is 8.36. The monoisotopic (exact) mass is 322 g/mol. The third-order valence-corrected chi connectivity index (χ3v) is 2.48. The smallest absolute Gasteiger partial charge is 0.409 e. The third kappa shape index (κ3) is 3.00. The average molecular weight is 323 g/mol. The number of amides is 2. The van der Waals surface area contributed by atoms with Gasteiger partial charge in [0.1, 0.15) is 0 Å². The van der Waals surface area contributed by atoms with Gasteiger partial charge in [0, 0.05) is 4.47 Å². The van der Waals surface area contributed by atoms with Crippen LogP contribution < -0.4 is 15.4 Å². The molecule has 0 spiro atoms. The molecule has 98 valence electrons. The van der Waals surface area contributed by atoms with E-state index in [1.54, 1.807) is 0 Å². The van der Waals surface area contributed by atoms with E-state index < -0.39 is 23.8 Å². The summed E-state index contributed by atoms with van der Waals surface area (Å²) >= 11 is 2.93. The molecular weight excluding hydrogens is 315 g/mol. The van der Waals surface area contributed by atoms with Gasteiger partial charge in [0.25, 0.3) is 0 Å². The lowest BCUT2D eigenvalue weighted by molar-refractivity contribution is 0.208. The zero-order valence-electron chi connectivity index (χ0n) is 8.95. The number of methoxy groups -OCH3 is 1. The zero-order valence-corrected chi connectivity index (χ0v) is 10.5. The minimum absolute atomic E-state index is 0.0342. The summed E-state index contributed by atoms with van der Waals surface area (Å²) in [5, 5.41) is 20.9. The molecule has 0 aromatic heterocycles. The maximum absolute atomic E-state index is 13.9. The molecule has 0 unspecified atom stereocenters. The van der Waals surface area contributed by atoms with Crippen LogP contribution in [0, 0.1) is 5.82 Å². The Morgan fingerprint density at radius 1 is 1.33 bits per heavy atom. The first kappa shape index (κ1) is 14.0. The Kier molecular flexibility index (Phi) is 4.32. The fourth-order valence-electron chi connectivity index (χ4n) is 1.23.